The maximum Gasteiger partial charge on any atom is 0.279 e. The van der Waals surface area contributed by atoms with E-state index in [1.165, 1.54) is 54.3 Å². The van der Waals surface area contributed by atoms with Crippen LogP contribution in [0.5, 0.6) is 5.88 Å². The first-order chi connectivity index (χ1) is 11.7. The summed E-state index contributed by atoms with van der Waals surface area (Å²) in [4.78, 5) is 30.3. The molecule has 0 unspecified atom stereocenters. The second-order valence-corrected chi connectivity index (χ2v) is 6.72. The van der Waals surface area contributed by atoms with Gasteiger partial charge in [-0.05, 0) is 49.4 Å². The van der Waals surface area contributed by atoms with Gasteiger partial charge in [-0.1, -0.05) is 6.42 Å². The molecule has 3 rings (SSSR count). The van der Waals surface area contributed by atoms with Crippen LogP contribution in [0.25, 0.3) is 0 Å². The lowest BCUT2D eigenvalue weighted by molar-refractivity contribution is 0.0846. The molecule has 0 saturated heterocycles. The maximum atomic E-state index is 12.3. The predicted octanol–water partition coefficient (Wildman–Crippen LogP) is 2.50. The number of rotatable bonds is 3. The first kappa shape index (κ1) is 16.4. The molecule has 2 amide bonds. The fourth-order valence-electron chi connectivity index (χ4n) is 2.75. The van der Waals surface area contributed by atoms with Gasteiger partial charge in [0.15, 0.2) is 0 Å². The Kier molecular flexibility index (Phi) is 5.10. The molecule has 24 heavy (non-hydrogen) atoms. The van der Waals surface area contributed by atoms with Crippen molar-refractivity contribution in [2.24, 2.45) is 0 Å². The zero-order valence-corrected chi connectivity index (χ0v) is 14.2. The highest BCUT2D eigenvalue weighted by Gasteiger charge is 2.18. The third-order valence-electron chi connectivity index (χ3n) is 3.97. The van der Waals surface area contributed by atoms with Gasteiger partial charge in [0.2, 0.25) is 5.88 Å². The lowest BCUT2D eigenvalue weighted by atomic mass is 10.1. The lowest BCUT2D eigenvalue weighted by Crippen LogP contribution is -2.41. The zero-order valence-electron chi connectivity index (χ0n) is 13.4. The summed E-state index contributed by atoms with van der Waals surface area (Å²) in [6.45, 7) is 0. The largest absolute Gasteiger partial charge is 0.480 e. The van der Waals surface area contributed by atoms with E-state index in [1.54, 1.807) is 12.1 Å². The average molecular weight is 345 g/mol. The summed E-state index contributed by atoms with van der Waals surface area (Å²) in [5.74, 6) is -0.553. The van der Waals surface area contributed by atoms with Gasteiger partial charge in [0.1, 0.15) is 5.56 Å². The van der Waals surface area contributed by atoms with E-state index < -0.39 is 5.91 Å². The van der Waals surface area contributed by atoms with Crippen molar-refractivity contribution in [1.29, 1.82) is 0 Å². The molecular formula is C17H19N3O3S. The number of hydrazine groups is 1. The number of hydrogen-bond donors (Lipinski definition) is 2. The molecule has 2 heterocycles. The number of amides is 2. The van der Waals surface area contributed by atoms with Crippen LogP contribution in [0, 0.1) is 0 Å². The molecule has 2 N–H and O–H groups in total. The molecule has 2 aromatic rings. The highest BCUT2D eigenvalue weighted by Crippen LogP contribution is 2.28. The Morgan fingerprint density at radius 1 is 1.17 bits per heavy atom. The second kappa shape index (κ2) is 7.44. The van der Waals surface area contributed by atoms with Crippen molar-refractivity contribution in [3.05, 3.63) is 45.3 Å². The molecule has 0 aromatic carbocycles. The van der Waals surface area contributed by atoms with Crippen molar-refractivity contribution < 1.29 is 14.3 Å². The number of thiophene rings is 1. The summed E-state index contributed by atoms with van der Waals surface area (Å²) in [6.07, 6.45) is 7.18. The van der Waals surface area contributed by atoms with Gasteiger partial charge in [-0.2, -0.15) is 0 Å². The molecular weight excluding hydrogens is 326 g/mol. The van der Waals surface area contributed by atoms with Crippen molar-refractivity contribution in [2.45, 2.75) is 32.1 Å². The number of carbonyl (C=O) groups excluding carboxylic acids is 2. The van der Waals surface area contributed by atoms with Crippen LogP contribution in [0.3, 0.4) is 0 Å². The zero-order chi connectivity index (χ0) is 16.9. The number of ether oxygens (including phenoxy) is 1. The van der Waals surface area contributed by atoms with E-state index >= 15 is 0 Å². The number of nitrogens with zero attached hydrogens (tertiary/aromatic N) is 1. The molecule has 0 aliphatic heterocycles. The summed E-state index contributed by atoms with van der Waals surface area (Å²) in [6, 6.07) is 5.16. The van der Waals surface area contributed by atoms with E-state index in [1.807, 2.05) is 6.07 Å². The smallest absolute Gasteiger partial charge is 0.279 e. The Morgan fingerprint density at radius 2 is 1.96 bits per heavy atom. The number of nitrogens with one attached hydrogen (secondary N) is 2. The molecule has 0 saturated carbocycles. The lowest BCUT2D eigenvalue weighted by Gasteiger charge is -2.08. The van der Waals surface area contributed by atoms with Gasteiger partial charge in [-0.3, -0.25) is 20.4 Å². The van der Waals surface area contributed by atoms with Crippen molar-refractivity contribution in [3.8, 4) is 5.88 Å². The molecule has 0 radical (unpaired) electrons. The van der Waals surface area contributed by atoms with Crippen LogP contribution in [-0.2, 0) is 12.8 Å². The molecule has 2 aromatic heterocycles. The van der Waals surface area contributed by atoms with E-state index in [9.17, 15) is 9.59 Å². The molecule has 1 aliphatic carbocycles. The number of aryl methyl sites for hydroxylation is 2. The Hall–Kier alpha value is -2.41. The van der Waals surface area contributed by atoms with Gasteiger partial charge < -0.3 is 4.74 Å². The molecule has 0 spiro atoms. The molecule has 6 nitrogen and oxygen atoms in total. The number of carbonyl (C=O) groups is 2. The average Bonchev–Trinajstić information content (AvgIpc) is 2.90. The van der Waals surface area contributed by atoms with E-state index in [-0.39, 0.29) is 17.4 Å². The first-order valence-electron chi connectivity index (χ1n) is 7.90. The van der Waals surface area contributed by atoms with Gasteiger partial charge in [-0.15, -0.1) is 11.3 Å². The fourth-order valence-corrected chi connectivity index (χ4v) is 3.90. The van der Waals surface area contributed by atoms with Gasteiger partial charge in [0.05, 0.1) is 12.0 Å². The van der Waals surface area contributed by atoms with Gasteiger partial charge in [0.25, 0.3) is 11.8 Å². The Balaban J connectivity index is 1.64. The van der Waals surface area contributed by atoms with Crippen LogP contribution in [0.1, 0.15) is 49.7 Å². The third-order valence-corrected chi connectivity index (χ3v) is 5.20. The second-order valence-electron chi connectivity index (χ2n) is 5.59. The van der Waals surface area contributed by atoms with Crippen molar-refractivity contribution in [2.75, 3.05) is 7.11 Å². The minimum Gasteiger partial charge on any atom is -0.480 e. The quantitative estimate of drug-likeness (QED) is 0.662. The van der Waals surface area contributed by atoms with Crippen LogP contribution >= 0.6 is 11.3 Å². The summed E-state index contributed by atoms with van der Waals surface area (Å²) >= 11 is 1.51. The van der Waals surface area contributed by atoms with Crippen molar-refractivity contribution in [1.82, 2.24) is 15.8 Å². The minimum absolute atomic E-state index is 0.215. The Bertz CT molecular complexity index is 734. The monoisotopic (exact) mass is 345 g/mol. The van der Waals surface area contributed by atoms with Crippen molar-refractivity contribution >= 4 is 23.2 Å². The summed E-state index contributed by atoms with van der Waals surface area (Å²) < 4.78 is 5.04. The molecule has 0 fully saturated rings. The molecule has 0 bridgehead atoms. The van der Waals surface area contributed by atoms with Crippen LogP contribution < -0.4 is 15.6 Å². The SMILES string of the molecule is COc1ncccc1C(=O)NNC(=O)c1cc2c(s1)CCCCC2. The summed E-state index contributed by atoms with van der Waals surface area (Å²) in [7, 11) is 1.44. The topological polar surface area (TPSA) is 80.3 Å². The predicted molar refractivity (Wildman–Crippen MR) is 91.3 cm³/mol. The molecule has 1 aliphatic rings. The first-order valence-corrected chi connectivity index (χ1v) is 8.72. The third kappa shape index (κ3) is 3.56. The van der Waals surface area contributed by atoms with E-state index in [4.69, 9.17) is 4.74 Å². The number of fused-ring (bicyclic) bond motifs is 1. The Labute approximate surface area is 144 Å². The minimum atomic E-state index is -0.466. The Morgan fingerprint density at radius 3 is 2.79 bits per heavy atom. The fraction of sp³-hybridized carbons (Fsp3) is 0.353. The molecule has 7 heteroatoms. The molecule has 0 atom stereocenters. The van der Waals surface area contributed by atoms with E-state index in [2.05, 4.69) is 15.8 Å². The van der Waals surface area contributed by atoms with E-state index in [0.717, 1.165) is 12.8 Å². The van der Waals surface area contributed by atoms with Crippen LogP contribution in [0.15, 0.2) is 24.4 Å². The normalized spacial score (nSPS) is 13.5. The van der Waals surface area contributed by atoms with Gasteiger partial charge in [0, 0.05) is 11.1 Å². The summed E-state index contributed by atoms with van der Waals surface area (Å²) in [5, 5.41) is 0. The van der Waals surface area contributed by atoms with Crippen LogP contribution in [-0.4, -0.2) is 23.9 Å². The number of pyridine rings is 1. The van der Waals surface area contributed by atoms with Crippen LogP contribution in [0.2, 0.25) is 0 Å². The summed E-state index contributed by atoms with van der Waals surface area (Å²) in [5.41, 5.74) is 6.41. The maximum absolute atomic E-state index is 12.3. The standard InChI is InChI=1S/C17H19N3O3S/c1-23-17-12(7-5-9-18-17)15(21)19-20-16(22)14-10-11-6-3-2-4-8-13(11)24-14/h5,7,9-10H,2-4,6,8H2,1H3,(H,19,21)(H,20,22). The number of methoxy groups -OCH3 is 1. The van der Waals surface area contributed by atoms with Crippen molar-refractivity contribution in [3.63, 3.8) is 0 Å². The van der Waals surface area contributed by atoms with Gasteiger partial charge >= 0.3 is 0 Å². The highest BCUT2D eigenvalue weighted by atomic mass is 32.1. The molecule has 126 valence electrons. The van der Waals surface area contributed by atoms with Crippen LogP contribution in [0.4, 0.5) is 0 Å². The number of aromatic nitrogens is 1. The van der Waals surface area contributed by atoms with Gasteiger partial charge in [-0.25, -0.2) is 4.98 Å². The highest BCUT2D eigenvalue weighted by molar-refractivity contribution is 7.14. The van der Waals surface area contributed by atoms with E-state index in [0.29, 0.717) is 4.88 Å². The number of hydrogen-bond acceptors (Lipinski definition) is 5.